The predicted octanol–water partition coefficient (Wildman–Crippen LogP) is 4.25. The maximum Gasteiger partial charge on any atom is 0.246 e. The highest BCUT2D eigenvalue weighted by Gasteiger charge is 2.29. The zero-order valence-corrected chi connectivity index (χ0v) is 16.9. The Hall–Kier alpha value is -4.00. The van der Waals surface area contributed by atoms with Gasteiger partial charge in [0, 0.05) is 24.8 Å². The first-order valence-electron chi connectivity index (χ1n) is 10.2. The van der Waals surface area contributed by atoms with Gasteiger partial charge in [-0.2, -0.15) is 5.10 Å². The molecule has 0 radical (unpaired) electrons. The van der Waals surface area contributed by atoms with Crippen molar-refractivity contribution in [1.82, 2.24) is 24.6 Å². The second kappa shape index (κ2) is 8.02. The topological polar surface area (TPSA) is 73.1 Å². The number of nitrogens with zero attached hydrogens (tertiary/aromatic N) is 5. The van der Waals surface area contributed by atoms with Crippen LogP contribution in [0.5, 0.6) is 11.5 Å². The Balaban J connectivity index is 1.45. The van der Waals surface area contributed by atoms with Gasteiger partial charge in [-0.3, -0.25) is 4.79 Å². The first-order chi connectivity index (χ1) is 15.2. The van der Waals surface area contributed by atoms with Crippen molar-refractivity contribution in [3.05, 3.63) is 79.8 Å². The van der Waals surface area contributed by atoms with Crippen molar-refractivity contribution in [1.29, 1.82) is 0 Å². The molecule has 2 aromatic carbocycles. The molecule has 1 aliphatic rings. The highest BCUT2D eigenvalue weighted by atomic mass is 16.5. The molecule has 7 nitrogen and oxygen atoms in total. The summed E-state index contributed by atoms with van der Waals surface area (Å²) in [5, 5.41) is 5.77. The molecule has 7 heteroatoms. The molecular weight excluding hydrogens is 390 g/mol. The minimum atomic E-state index is -0.0529. The molecule has 0 unspecified atom stereocenters. The number of hydrogen-bond acceptors (Lipinski definition) is 5. The first-order valence-corrected chi connectivity index (χ1v) is 10.2. The molecule has 1 aliphatic heterocycles. The molecule has 0 aliphatic carbocycles. The SMILES string of the molecule is C=CC(=O)N1CC[C@@H](n2nc(-c3ccc(Oc4ccccc4)cc3)c3cncnc32)C1. The van der Waals surface area contributed by atoms with Gasteiger partial charge in [0.15, 0.2) is 5.65 Å². The Kier molecular flexibility index (Phi) is 4.92. The fourth-order valence-corrected chi connectivity index (χ4v) is 3.93. The molecule has 0 bridgehead atoms. The van der Waals surface area contributed by atoms with Gasteiger partial charge in [0.1, 0.15) is 23.5 Å². The molecule has 0 N–H and O–H groups in total. The molecule has 2 aromatic heterocycles. The van der Waals surface area contributed by atoms with E-state index in [0.29, 0.717) is 13.1 Å². The van der Waals surface area contributed by atoms with Crippen molar-refractivity contribution in [2.75, 3.05) is 13.1 Å². The van der Waals surface area contributed by atoms with E-state index in [0.717, 1.165) is 40.2 Å². The van der Waals surface area contributed by atoms with Crippen LogP contribution >= 0.6 is 0 Å². The quantitative estimate of drug-likeness (QED) is 0.459. The number of carbonyl (C=O) groups is 1. The number of ether oxygens (including phenoxy) is 1. The monoisotopic (exact) mass is 411 g/mol. The molecule has 1 saturated heterocycles. The third-order valence-corrected chi connectivity index (χ3v) is 5.47. The molecule has 0 spiro atoms. The van der Waals surface area contributed by atoms with Crippen molar-refractivity contribution in [3.8, 4) is 22.8 Å². The van der Waals surface area contributed by atoms with E-state index in [2.05, 4.69) is 16.5 Å². The van der Waals surface area contributed by atoms with Crippen LogP contribution < -0.4 is 4.74 Å². The Morgan fingerprint density at radius 3 is 2.65 bits per heavy atom. The fourth-order valence-electron chi connectivity index (χ4n) is 3.93. The van der Waals surface area contributed by atoms with Crippen molar-refractivity contribution in [3.63, 3.8) is 0 Å². The molecule has 4 aromatic rings. The van der Waals surface area contributed by atoms with Crippen LogP contribution in [-0.4, -0.2) is 43.6 Å². The lowest BCUT2D eigenvalue weighted by molar-refractivity contribution is -0.125. The van der Waals surface area contributed by atoms with E-state index in [-0.39, 0.29) is 11.9 Å². The van der Waals surface area contributed by atoms with Gasteiger partial charge >= 0.3 is 0 Å². The van der Waals surface area contributed by atoms with Crippen molar-refractivity contribution in [2.24, 2.45) is 0 Å². The van der Waals surface area contributed by atoms with Crippen LogP contribution in [0.4, 0.5) is 0 Å². The highest BCUT2D eigenvalue weighted by molar-refractivity contribution is 5.91. The summed E-state index contributed by atoms with van der Waals surface area (Å²) < 4.78 is 7.82. The van der Waals surface area contributed by atoms with Gasteiger partial charge in [-0.05, 0) is 48.9 Å². The van der Waals surface area contributed by atoms with Crippen molar-refractivity contribution < 1.29 is 9.53 Å². The molecule has 154 valence electrons. The minimum Gasteiger partial charge on any atom is -0.457 e. The molecule has 5 rings (SSSR count). The second-order valence-corrected chi connectivity index (χ2v) is 7.42. The number of carbonyl (C=O) groups excluding carboxylic acids is 1. The molecule has 0 saturated carbocycles. The average Bonchev–Trinajstić information content (AvgIpc) is 3.45. The minimum absolute atomic E-state index is 0.0529. The van der Waals surface area contributed by atoms with Gasteiger partial charge in [0.05, 0.1) is 11.4 Å². The first kappa shape index (κ1) is 19.0. The largest absolute Gasteiger partial charge is 0.457 e. The summed E-state index contributed by atoms with van der Waals surface area (Å²) in [5.41, 5.74) is 2.54. The number of hydrogen-bond donors (Lipinski definition) is 0. The van der Waals surface area contributed by atoms with E-state index in [1.807, 2.05) is 59.3 Å². The van der Waals surface area contributed by atoms with Crippen LogP contribution in [-0.2, 0) is 4.79 Å². The second-order valence-electron chi connectivity index (χ2n) is 7.42. The van der Waals surface area contributed by atoms with Crippen LogP contribution in [0.2, 0.25) is 0 Å². The zero-order chi connectivity index (χ0) is 21.2. The zero-order valence-electron chi connectivity index (χ0n) is 16.9. The maximum absolute atomic E-state index is 12.0. The van der Waals surface area contributed by atoms with Gasteiger partial charge < -0.3 is 9.64 Å². The number of aromatic nitrogens is 4. The fraction of sp³-hybridized carbons (Fsp3) is 0.167. The Morgan fingerprint density at radius 1 is 1.10 bits per heavy atom. The van der Waals surface area contributed by atoms with Gasteiger partial charge in [-0.25, -0.2) is 14.6 Å². The number of rotatable bonds is 5. The van der Waals surface area contributed by atoms with E-state index in [4.69, 9.17) is 9.84 Å². The van der Waals surface area contributed by atoms with Crippen LogP contribution in [0.1, 0.15) is 12.5 Å². The van der Waals surface area contributed by atoms with Crippen LogP contribution in [0.3, 0.4) is 0 Å². The standard InChI is InChI=1S/C24H21N5O2/c1-2-22(30)28-13-12-18(15-28)29-24-21(14-25-16-26-24)23(27-29)17-8-10-20(11-9-17)31-19-6-4-3-5-7-19/h2-11,14,16,18H,1,12-13,15H2/t18-/m1/s1. The smallest absolute Gasteiger partial charge is 0.246 e. The predicted molar refractivity (Wildman–Crippen MR) is 118 cm³/mol. The normalized spacial score (nSPS) is 15.9. The lowest BCUT2D eigenvalue weighted by Gasteiger charge is -2.14. The van der Waals surface area contributed by atoms with E-state index in [9.17, 15) is 4.79 Å². The lowest BCUT2D eigenvalue weighted by atomic mass is 10.1. The molecule has 1 fully saturated rings. The number of amides is 1. The van der Waals surface area contributed by atoms with Gasteiger partial charge in [0.25, 0.3) is 0 Å². The van der Waals surface area contributed by atoms with Crippen molar-refractivity contribution in [2.45, 2.75) is 12.5 Å². The van der Waals surface area contributed by atoms with Crippen molar-refractivity contribution >= 4 is 16.9 Å². The Morgan fingerprint density at radius 2 is 1.87 bits per heavy atom. The van der Waals surface area contributed by atoms with Crippen LogP contribution in [0.25, 0.3) is 22.3 Å². The number of benzene rings is 2. The lowest BCUT2D eigenvalue weighted by Crippen LogP contribution is -2.27. The molecular formula is C24H21N5O2. The highest BCUT2D eigenvalue weighted by Crippen LogP contribution is 2.32. The summed E-state index contributed by atoms with van der Waals surface area (Å²) in [6.07, 6.45) is 5.50. The van der Waals surface area contributed by atoms with E-state index in [1.165, 1.54) is 12.4 Å². The Labute approximate surface area is 179 Å². The summed E-state index contributed by atoms with van der Waals surface area (Å²) >= 11 is 0. The van der Waals surface area contributed by atoms with E-state index in [1.54, 1.807) is 11.1 Å². The van der Waals surface area contributed by atoms with Gasteiger partial charge in [-0.1, -0.05) is 24.8 Å². The van der Waals surface area contributed by atoms with Gasteiger partial charge in [0.2, 0.25) is 5.91 Å². The van der Waals surface area contributed by atoms with E-state index >= 15 is 0 Å². The molecule has 1 atom stereocenters. The number of para-hydroxylation sites is 1. The van der Waals surface area contributed by atoms with Crippen LogP contribution in [0, 0.1) is 0 Å². The summed E-state index contributed by atoms with van der Waals surface area (Å²) in [6, 6.07) is 17.6. The number of fused-ring (bicyclic) bond motifs is 1. The summed E-state index contributed by atoms with van der Waals surface area (Å²) in [6.45, 7) is 4.86. The molecule has 1 amide bonds. The molecule has 31 heavy (non-hydrogen) atoms. The van der Waals surface area contributed by atoms with Gasteiger partial charge in [-0.15, -0.1) is 0 Å². The summed E-state index contributed by atoms with van der Waals surface area (Å²) in [7, 11) is 0. The van der Waals surface area contributed by atoms with E-state index < -0.39 is 0 Å². The summed E-state index contributed by atoms with van der Waals surface area (Å²) in [5.74, 6) is 1.49. The molecule has 3 heterocycles. The number of likely N-dealkylation sites (tertiary alicyclic amines) is 1. The maximum atomic E-state index is 12.0. The van der Waals surface area contributed by atoms with Crippen LogP contribution in [0.15, 0.2) is 79.8 Å². The average molecular weight is 411 g/mol. The Bertz CT molecular complexity index is 1230. The third-order valence-electron chi connectivity index (χ3n) is 5.47. The third kappa shape index (κ3) is 3.66. The summed E-state index contributed by atoms with van der Waals surface area (Å²) in [4.78, 5) is 22.5.